The highest BCUT2D eigenvalue weighted by Gasteiger charge is 2.19. The number of anilines is 1. The monoisotopic (exact) mass is 500 g/mol. The average Bonchev–Trinajstić information content (AvgIpc) is 3.27. The van der Waals surface area contributed by atoms with Crippen molar-refractivity contribution in [2.24, 2.45) is 0 Å². The molecule has 182 valence electrons. The van der Waals surface area contributed by atoms with Crippen LogP contribution in [-0.4, -0.2) is 61.3 Å². The summed E-state index contributed by atoms with van der Waals surface area (Å²) >= 11 is 12.0. The van der Waals surface area contributed by atoms with Gasteiger partial charge in [0.25, 0.3) is 5.91 Å². The maximum absolute atomic E-state index is 12.9. The van der Waals surface area contributed by atoms with Crippen LogP contribution in [0.1, 0.15) is 43.1 Å². The van der Waals surface area contributed by atoms with Gasteiger partial charge in [-0.25, -0.2) is 9.78 Å². The van der Waals surface area contributed by atoms with Crippen LogP contribution in [0.25, 0.3) is 0 Å². The van der Waals surface area contributed by atoms with E-state index in [1.54, 1.807) is 18.2 Å². The van der Waals surface area contributed by atoms with Crippen molar-refractivity contribution in [3.05, 3.63) is 46.1 Å². The van der Waals surface area contributed by atoms with E-state index in [0.717, 1.165) is 0 Å². The molecule has 1 aromatic carbocycles. The highest BCUT2D eigenvalue weighted by molar-refractivity contribution is 6.42. The van der Waals surface area contributed by atoms with Crippen LogP contribution in [-0.2, 0) is 16.0 Å². The van der Waals surface area contributed by atoms with E-state index >= 15 is 0 Å². The number of hydrogen-bond donors (Lipinski definition) is 2. The van der Waals surface area contributed by atoms with Crippen LogP contribution >= 0.6 is 23.2 Å². The Hall–Kier alpha value is -2.33. The van der Waals surface area contributed by atoms with Crippen LogP contribution in [0, 0.1) is 0 Å². The highest BCUT2D eigenvalue weighted by Crippen LogP contribution is 2.25. The number of urea groups is 1. The van der Waals surface area contributed by atoms with Crippen molar-refractivity contribution in [2.75, 3.05) is 44.8 Å². The summed E-state index contributed by atoms with van der Waals surface area (Å²) in [5.74, 6) is -0.0974. The lowest BCUT2D eigenvalue weighted by molar-refractivity contribution is 0.0939. The molecular formula is C22H30Cl2N4O5. The Labute approximate surface area is 203 Å². The summed E-state index contributed by atoms with van der Waals surface area (Å²) in [5.41, 5.74) is 0.657. The first-order chi connectivity index (χ1) is 15.9. The maximum atomic E-state index is 12.9. The van der Waals surface area contributed by atoms with Gasteiger partial charge in [-0.2, -0.15) is 0 Å². The Morgan fingerprint density at radius 1 is 1.09 bits per heavy atom. The summed E-state index contributed by atoms with van der Waals surface area (Å²) < 4.78 is 16.0. The van der Waals surface area contributed by atoms with Crippen molar-refractivity contribution in [1.29, 1.82) is 0 Å². The molecule has 1 aromatic heterocycles. The van der Waals surface area contributed by atoms with E-state index in [-0.39, 0.29) is 30.1 Å². The van der Waals surface area contributed by atoms with Crippen molar-refractivity contribution >= 4 is 40.8 Å². The Kier molecular flexibility index (Phi) is 12.0. The smallest absolute Gasteiger partial charge is 0.322 e. The molecule has 0 bridgehead atoms. The Balaban J connectivity index is 1.98. The van der Waals surface area contributed by atoms with Crippen LogP contribution in [0.15, 0.2) is 28.9 Å². The summed E-state index contributed by atoms with van der Waals surface area (Å²) in [5, 5.41) is 6.28. The van der Waals surface area contributed by atoms with Crippen LogP contribution in [0.5, 0.6) is 0 Å². The molecule has 1 heterocycles. The fourth-order valence-corrected chi connectivity index (χ4v) is 3.09. The molecule has 0 aliphatic rings. The number of ether oxygens (including phenoxy) is 2. The van der Waals surface area contributed by atoms with Gasteiger partial charge in [0.15, 0.2) is 5.69 Å². The van der Waals surface area contributed by atoms with E-state index in [1.807, 2.05) is 13.8 Å². The number of halogens is 2. The number of benzene rings is 1. The number of aromatic nitrogens is 1. The summed E-state index contributed by atoms with van der Waals surface area (Å²) in [4.78, 5) is 30.9. The molecule has 0 aliphatic heterocycles. The van der Waals surface area contributed by atoms with E-state index in [4.69, 9.17) is 37.1 Å². The molecule has 2 rings (SSSR count). The van der Waals surface area contributed by atoms with Gasteiger partial charge in [-0.3, -0.25) is 4.79 Å². The molecule has 0 atom stereocenters. The molecule has 0 saturated carbocycles. The van der Waals surface area contributed by atoms with Gasteiger partial charge < -0.3 is 29.4 Å². The zero-order chi connectivity index (χ0) is 24.1. The van der Waals surface area contributed by atoms with Crippen LogP contribution in [0.3, 0.4) is 0 Å². The summed E-state index contributed by atoms with van der Waals surface area (Å²) in [7, 11) is 0. The molecule has 2 aromatic rings. The standard InChI is InChI=1S/C22H30Cl2N4O5/c1-3-31-11-5-9-25-21(29)19-15-33-20(27-19)14-28(10-6-12-32-4-2)22(30)26-16-7-8-17(23)18(24)13-16/h7-8,13,15H,3-6,9-12,14H2,1-2H3,(H,25,29)(H,26,30). The zero-order valence-electron chi connectivity index (χ0n) is 18.9. The van der Waals surface area contributed by atoms with Gasteiger partial charge in [0, 0.05) is 45.2 Å². The molecule has 11 heteroatoms. The van der Waals surface area contributed by atoms with Crippen molar-refractivity contribution in [2.45, 2.75) is 33.2 Å². The van der Waals surface area contributed by atoms with Gasteiger partial charge in [-0.05, 0) is 44.9 Å². The minimum Gasteiger partial charge on any atom is -0.446 e. The maximum Gasteiger partial charge on any atom is 0.322 e. The van der Waals surface area contributed by atoms with Crippen LogP contribution in [0.4, 0.5) is 10.5 Å². The van der Waals surface area contributed by atoms with Crippen LogP contribution < -0.4 is 10.6 Å². The second-order valence-corrected chi connectivity index (χ2v) is 7.78. The molecule has 0 radical (unpaired) electrons. The second-order valence-electron chi connectivity index (χ2n) is 6.96. The predicted octanol–water partition coefficient (Wildman–Crippen LogP) is 4.60. The molecule has 3 amide bonds. The Morgan fingerprint density at radius 2 is 1.82 bits per heavy atom. The quantitative estimate of drug-likeness (QED) is 0.367. The van der Waals surface area contributed by atoms with Crippen molar-refractivity contribution in [3.8, 4) is 0 Å². The van der Waals surface area contributed by atoms with Crippen molar-refractivity contribution in [1.82, 2.24) is 15.2 Å². The molecule has 9 nitrogen and oxygen atoms in total. The SMILES string of the molecule is CCOCCCNC(=O)c1coc(CN(CCCOCC)C(=O)Nc2ccc(Cl)c(Cl)c2)n1. The minimum absolute atomic E-state index is 0.0803. The second kappa shape index (κ2) is 14.7. The lowest BCUT2D eigenvalue weighted by Crippen LogP contribution is -2.36. The number of nitrogens with one attached hydrogen (secondary N) is 2. The van der Waals surface area contributed by atoms with Gasteiger partial charge in [-0.15, -0.1) is 0 Å². The van der Waals surface area contributed by atoms with Gasteiger partial charge in [0.2, 0.25) is 5.89 Å². The number of carbonyl (C=O) groups is 2. The lowest BCUT2D eigenvalue weighted by atomic mass is 10.3. The lowest BCUT2D eigenvalue weighted by Gasteiger charge is -2.22. The topological polar surface area (TPSA) is 106 Å². The van der Waals surface area contributed by atoms with Crippen molar-refractivity contribution in [3.63, 3.8) is 0 Å². The van der Waals surface area contributed by atoms with E-state index in [1.165, 1.54) is 11.2 Å². The molecule has 0 unspecified atom stereocenters. The average molecular weight is 501 g/mol. The fourth-order valence-electron chi connectivity index (χ4n) is 2.79. The van der Waals surface area contributed by atoms with E-state index < -0.39 is 0 Å². The fraction of sp³-hybridized carbons (Fsp3) is 0.500. The highest BCUT2D eigenvalue weighted by atomic mass is 35.5. The minimum atomic E-state index is -0.370. The first kappa shape index (κ1) is 26.9. The van der Waals surface area contributed by atoms with Crippen LogP contribution in [0.2, 0.25) is 10.0 Å². The third kappa shape index (κ3) is 9.59. The number of hydrogen-bond acceptors (Lipinski definition) is 6. The molecule has 33 heavy (non-hydrogen) atoms. The third-order valence-corrected chi connectivity index (χ3v) is 5.18. The Morgan fingerprint density at radius 3 is 2.52 bits per heavy atom. The van der Waals surface area contributed by atoms with E-state index in [9.17, 15) is 9.59 Å². The normalized spacial score (nSPS) is 10.8. The van der Waals surface area contributed by atoms with Gasteiger partial charge in [0.05, 0.1) is 16.6 Å². The number of nitrogens with zero attached hydrogens (tertiary/aromatic N) is 2. The largest absolute Gasteiger partial charge is 0.446 e. The number of amides is 3. The zero-order valence-corrected chi connectivity index (χ0v) is 20.4. The first-order valence-corrected chi connectivity index (χ1v) is 11.6. The molecule has 0 aliphatic carbocycles. The summed E-state index contributed by atoms with van der Waals surface area (Å²) in [6.07, 6.45) is 2.60. The van der Waals surface area contributed by atoms with E-state index in [2.05, 4.69) is 15.6 Å². The van der Waals surface area contributed by atoms with E-state index in [0.29, 0.717) is 68.1 Å². The number of rotatable bonds is 14. The molecule has 2 N–H and O–H groups in total. The Bertz CT molecular complexity index is 893. The molecule has 0 fully saturated rings. The first-order valence-electron chi connectivity index (χ1n) is 10.8. The molecular weight excluding hydrogens is 471 g/mol. The number of carbonyl (C=O) groups excluding carboxylic acids is 2. The van der Waals surface area contributed by atoms with Gasteiger partial charge in [0.1, 0.15) is 6.26 Å². The third-order valence-electron chi connectivity index (χ3n) is 4.44. The molecule has 0 spiro atoms. The molecule has 0 saturated heterocycles. The summed E-state index contributed by atoms with van der Waals surface area (Å²) in [6, 6.07) is 4.46. The van der Waals surface area contributed by atoms with Crippen molar-refractivity contribution < 1.29 is 23.5 Å². The van der Waals surface area contributed by atoms with Gasteiger partial charge >= 0.3 is 6.03 Å². The predicted molar refractivity (Wildman–Crippen MR) is 127 cm³/mol. The summed E-state index contributed by atoms with van der Waals surface area (Å²) in [6.45, 7) is 7.09. The number of oxazole rings is 1. The van der Waals surface area contributed by atoms with Gasteiger partial charge in [-0.1, -0.05) is 23.2 Å².